The van der Waals surface area contributed by atoms with Crippen LogP contribution >= 0.6 is 0 Å². The summed E-state index contributed by atoms with van der Waals surface area (Å²) in [4.78, 5) is 11.8. The zero-order valence-corrected chi connectivity index (χ0v) is 6.16. The van der Waals surface area contributed by atoms with E-state index in [-0.39, 0.29) is 6.17 Å². The Hall–Kier alpha value is -1.03. The van der Waals surface area contributed by atoms with E-state index in [1.54, 1.807) is 19.0 Å². The Morgan fingerprint density at radius 1 is 1.80 bits per heavy atom. The highest BCUT2D eigenvalue weighted by molar-refractivity contribution is 5.65. The van der Waals surface area contributed by atoms with E-state index in [0.717, 1.165) is 0 Å². The van der Waals surface area contributed by atoms with Crippen LogP contribution in [0.4, 0.5) is 4.79 Å². The van der Waals surface area contributed by atoms with Gasteiger partial charge in [-0.2, -0.15) is 0 Å². The second kappa shape index (κ2) is 3.90. The van der Waals surface area contributed by atoms with Crippen molar-refractivity contribution in [2.75, 3.05) is 14.1 Å². The first kappa shape index (κ1) is 8.97. The van der Waals surface area contributed by atoms with Crippen LogP contribution in [0.25, 0.3) is 0 Å². The van der Waals surface area contributed by atoms with Gasteiger partial charge in [-0.3, -0.25) is 4.90 Å². The van der Waals surface area contributed by atoms with Crippen molar-refractivity contribution < 1.29 is 9.90 Å². The summed E-state index contributed by atoms with van der Waals surface area (Å²) < 4.78 is 0. The van der Waals surface area contributed by atoms with Crippen molar-refractivity contribution in [1.29, 1.82) is 0 Å². The topological polar surface area (TPSA) is 52.6 Å². The van der Waals surface area contributed by atoms with Crippen LogP contribution in [0.5, 0.6) is 0 Å². The summed E-state index contributed by atoms with van der Waals surface area (Å²) in [7, 11) is 3.53. The van der Waals surface area contributed by atoms with E-state index < -0.39 is 6.09 Å². The zero-order valence-electron chi connectivity index (χ0n) is 6.16. The van der Waals surface area contributed by atoms with Crippen LogP contribution in [-0.4, -0.2) is 36.4 Å². The molecule has 0 fully saturated rings. The molecule has 0 rings (SSSR count). The van der Waals surface area contributed by atoms with Crippen LogP contribution < -0.4 is 5.32 Å². The van der Waals surface area contributed by atoms with E-state index in [1.165, 1.54) is 6.08 Å². The summed E-state index contributed by atoms with van der Waals surface area (Å²) in [6, 6.07) is 0. The molecule has 10 heavy (non-hydrogen) atoms. The van der Waals surface area contributed by atoms with Gasteiger partial charge in [0, 0.05) is 0 Å². The number of nitrogens with zero attached hydrogens (tertiary/aromatic N) is 1. The molecule has 0 aromatic carbocycles. The number of rotatable bonds is 3. The maximum absolute atomic E-state index is 10.1. The number of hydrogen-bond acceptors (Lipinski definition) is 2. The smallest absolute Gasteiger partial charge is 0.406 e. The average Bonchev–Trinajstić information content (AvgIpc) is 1.81. The minimum absolute atomic E-state index is 0.308. The highest BCUT2D eigenvalue weighted by Gasteiger charge is 2.07. The van der Waals surface area contributed by atoms with Crippen LogP contribution in [0.3, 0.4) is 0 Å². The quantitative estimate of drug-likeness (QED) is 0.443. The Morgan fingerprint density at radius 2 is 2.30 bits per heavy atom. The summed E-state index contributed by atoms with van der Waals surface area (Å²) >= 11 is 0. The van der Waals surface area contributed by atoms with Gasteiger partial charge in [0.25, 0.3) is 0 Å². The van der Waals surface area contributed by atoms with Gasteiger partial charge in [-0.15, -0.1) is 0 Å². The summed E-state index contributed by atoms with van der Waals surface area (Å²) in [6.45, 7) is 3.47. The molecular weight excluding hydrogens is 132 g/mol. The SMILES string of the molecule is C=CC(NC(=O)O)N(C)C. The van der Waals surface area contributed by atoms with E-state index in [0.29, 0.717) is 0 Å². The molecule has 0 aromatic heterocycles. The Kier molecular flexibility index (Phi) is 3.49. The lowest BCUT2D eigenvalue weighted by atomic mass is 10.4. The molecule has 4 nitrogen and oxygen atoms in total. The highest BCUT2D eigenvalue weighted by Crippen LogP contribution is 1.87. The van der Waals surface area contributed by atoms with Gasteiger partial charge in [-0.25, -0.2) is 4.79 Å². The first-order valence-electron chi connectivity index (χ1n) is 2.86. The van der Waals surface area contributed by atoms with Gasteiger partial charge >= 0.3 is 6.09 Å². The molecule has 0 aliphatic heterocycles. The average molecular weight is 144 g/mol. The normalized spacial score (nSPS) is 12.7. The third-order valence-corrected chi connectivity index (χ3v) is 1.05. The summed E-state index contributed by atoms with van der Waals surface area (Å²) in [5, 5.41) is 10.5. The van der Waals surface area contributed by atoms with Crippen molar-refractivity contribution in [2.45, 2.75) is 6.17 Å². The van der Waals surface area contributed by atoms with Gasteiger partial charge in [0.05, 0.1) is 0 Å². The van der Waals surface area contributed by atoms with Crippen LogP contribution in [0.15, 0.2) is 12.7 Å². The molecule has 58 valence electrons. The minimum atomic E-state index is -1.04. The molecule has 0 spiro atoms. The number of hydrogen-bond donors (Lipinski definition) is 2. The van der Waals surface area contributed by atoms with E-state index >= 15 is 0 Å². The lowest BCUT2D eigenvalue weighted by Gasteiger charge is -2.19. The summed E-state index contributed by atoms with van der Waals surface area (Å²) in [6.07, 6.45) is 0.171. The molecule has 0 aliphatic rings. The molecular formula is C6H12N2O2. The highest BCUT2D eigenvalue weighted by atomic mass is 16.4. The van der Waals surface area contributed by atoms with E-state index in [4.69, 9.17) is 5.11 Å². The third kappa shape index (κ3) is 3.09. The molecule has 4 heteroatoms. The Morgan fingerprint density at radius 3 is 2.40 bits per heavy atom. The van der Waals surface area contributed by atoms with Crippen molar-refractivity contribution in [3.05, 3.63) is 12.7 Å². The molecule has 0 saturated heterocycles. The van der Waals surface area contributed by atoms with Gasteiger partial charge < -0.3 is 10.4 Å². The second-order valence-electron chi connectivity index (χ2n) is 2.09. The molecule has 0 aliphatic carbocycles. The van der Waals surface area contributed by atoms with Crippen molar-refractivity contribution in [3.63, 3.8) is 0 Å². The van der Waals surface area contributed by atoms with E-state index in [2.05, 4.69) is 11.9 Å². The Bertz CT molecular complexity index is 134. The third-order valence-electron chi connectivity index (χ3n) is 1.05. The Labute approximate surface area is 60.1 Å². The second-order valence-corrected chi connectivity index (χ2v) is 2.09. The molecule has 0 radical (unpaired) electrons. The fraction of sp³-hybridized carbons (Fsp3) is 0.500. The van der Waals surface area contributed by atoms with E-state index in [1.807, 2.05) is 0 Å². The van der Waals surface area contributed by atoms with E-state index in [9.17, 15) is 4.79 Å². The number of amides is 1. The molecule has 1 atom stereocenters. The standard InChI is InChI=1S/C6H12N2O2/c1-4-5(8(2)3)7-6(9)10/h4-5,7H,1H2,2-3H3,(H,9,10). The lowest BCUT2D eigenvalue weighted by Crippen LogP contribution is -2.42. The van der Waals surface area contributed by atoms with Gasteiger partial charge in [-0.05, 0) is 14.1 Å². The predicted molar refractivity (Wildman–Crippen MR) is 38.8 cm³/mol. The molecule has 2 N–H and O–H groups in total. The molecule has 0 saturated carbocycles. The fourth-order valence-electron chi connectivity index (χ4n) is 0.525. The minimum Gasteiger partial charge on any atom is -0.465 e. The molecule has 0 heterocycles. The summed E-state index contributed by atoms with van der Waals surface area (Å²) in [5.74, 6) is 0. The van der Waals surface area contributed by atoms with Crippen LogP contribution in [0.2, 0.25) is 0 Å². The maximum atomic E-state index is 10.1. The van der Waals surface area contributed by atoms with Gasteiger partial charge in [-0.1, -0.05) is 12.7 Å². The summed E-state index contributed by atoms with van der Waals surface area (Å²) in [5.41, 5.74) is 0. The first-order valence-corrected chi connectivity index (χ1v) is 2.86. The van der Waals surface area contributed by atoms with Crippen molar-refractivity contribution in [3.8, 4) is 0 Å². The van der Waals surface area contributed by atoms with Gasteiger partial charge in [0.15, 0.2) is 0 Å². The number of carboxylic acid groups (broad SMARTS) is 1. The molecule has 0 aromatic rings. The largest absolute Gasteiger partial charge is 0.465 e. The molecule has 1 unspecified atom stereocenters. The predicted octanol–water partition coefficient (Wildman–Crippen LogP) is 0.328. The molecule has 1 amide bonds. The number of carbonyl (C=O) groups is 1. The van der Waals surface area contributed by atoms with Crippen LogP contribution in [-0.2, 0) is 0 Å². The first-order chi connectivity index (χ1) is 4.57. The van der Waals surface area contributed by atoms with Crippen molar-refractivity contribution in [1.82, 2.24) is 10.2 Å². The fourth-order valence-corrected chi connectivity index (χ4v) is 0.525. The van der Waals surface area contributed by atoms with Crippen molar-refractivity contribution in [2.24, 2.45) is 0 Å². The van der Waals surface area contributed by atoms with Gasteiger partial charge in [0.1, 0.15) is 6.17 Å². The maximum Gasteiger partial charge on any atom is 0.406 e. The zero-order chi connectivity index (χ0) is 8.15. The number of nitrogens with one attached hydrogen (secondary N) is 1. The van der Waals surface area contributed by atoms with Crippen LogP contribution in [0, 0.1) is 0 Å². The van der Waals surface area contributed by atoms with Crippen molar-refractivity contribution >= 4 is 6.09 Å². The van der Waals surface area contributed by atoms with Crippen LogP contribution in [0.1, 0.15) is 0 Å². The molecule has 0 bridgehead atoms. The number of likely N-dealkylation sites (N-methyl/N-ethyl adjacent to an activating group) is 1. The Balaban J connectivity index is 3.83. The van der Waals surface area contributed by atoms with Gasteiger partial charge in [0.2, 0.25) is 0 Å². The monoisotopic (exact) mass is 144 g/mol. The lowest BCUT2D eigenvalue weighted by molar-refractivity contribution is 0.179.